The zero-order valence-corrected chi connectivity index (χ0v) is 18.4. The minimum Gasteiger partial charge on any atom is -0.329 e. The normalized spacial score (nSPS) is 14.8. The van der Waals surface area contributed by atoms with E-state index >= 15 is 0 Å². The molecule has 1 aliphatic carbocycles. The number of hydrogen-bond donors (Lipinski definition) is 0. The van der Waals surface area contributed by atoms with Crippen molar-refractivity contribution in [1.29, 1.82) is 0 Å². The number of halogens is 3. The molecule has 1 saturated carbocycles. The molecule has 2 aromatic carbocycles. The van der Waals surface area contributed by atoms with Crippen LogP contribution in [0.4, 0.5) is 13.2 Å². The Balaban J connectivity index is 1.58. The van der Waals surface area contributed by atoms with Crippen molar-refractivity contribution in [1.82, 2.24) is 13.9 Å². The van der Waals surface area contributed by atoms with E-state index < -0.39 is 21.8 Å². The van der Waals surface area contributed by atoms with E-state index in [0.29, 0.717) is 23.9 Å². The van der Waals surface area contributed by atoms with Gasteiger partial charge in [0, 0.05) is 25.5 Å². The van der Waals surface area contributed by atoms with E-state index in [2.05, 4.69) is 4.98 Å². The average Bonchev–Trinajstić information content (AvgIpc) is 3.46. The number of hydrogen-bond acceptors (Lipinski definition) is 3. The fourth-order valence-corrected chi connectivity index (χ4v) is 5.00. The van der Waals surface area contributed by atoms with Gasteiger partial charge in [-0.3, -0.25) is 0 Å². The number of aromatic nitrogens is 2. The quantitative estimate of drug-likeness (QED) is 0.480. The molecular formula is C23H24F3N3O2S. The van der Waals surface area contributed by atoms with Crippen molar-refractivity contribution in [3.63, 3.8) is 0 Å². The average molecular weight is 464 g/mol. The Morgan fingerprint density at radius 3 is 2.50 bits per heavy atom. The van der Waals surface area contributed by atoms with Gasteiger partial charge in [-0.2, -0.15) is 17.5 Å². The summed E-state index contributed by atoms with van der Waals surface area (Å²) in [5.41, 5.74) is 0.720. The predicted octanol–water partition coefficient (Wildman–Crippen LogP) is 4.86. The minimum absolute atomic E-state index is 0.0542. The van der Waals surface area contributed by atoms with Crippen molar-refractivity contribution in [3.05, 3.63) is 83.4 Å². The SMILES string of the molecule is Cc1ccc(S(=O)(=O)N(Cc2nccn2Cc2cccc(C(F)(F)F)c2)CC2CC2)cc1. The standard InChI is InChI=1S/C23H24F3N3O2S/c1-17-5-9-21(10-6-17)32(30,31)29(15-18-7-8-18)16-22-27-11-12-28(22)14-19-3-2-4-20(13-19)23(24,25)26/h2-6,9-13,18H,7-8,14-16H2,1H3. The van der Waals surface area contributed by atoms with E-state index in [1.165, 1.54) is 16.6 Å². The molecule has 0 bridgehead atoms. The van der Waals surface area contributed by atoms with Gasteiger partial charge in [-0.15, -0.1) is 0 Å². The molecule has 1 aromatic heterocycles. The molecule has 0 atom stereocenters. The third kappa shape index (κ3) is 5.21. The van der Waals surface area contributed by atoms with Crippen LogP contribution in [0.5, 0.6) is 0 Å². The van der Waals surface area contributed by atoms with Crippen LogP contribution in [0.25, 0.3) is 0 Å². The molecule has 4 rings (SSSR count). The Labute approximate surface area is 185 Å². The van der Waals surface area contributed by atoms with Crippen molar-refractivity contribution in [3.8, 4) is 0 Å². The summed E-state index contributed by atoms with van der Waals surface area (Å²) >= 11 is 0. The molecule has 5 nitrogen and oxygen atoms in total. The Morgan fingerprint density at radius 2 is 1.84 bits per heavy atom. The van der Waals surface area contributed by atoms with Gasteiger partial charge in [-0.1, -0.05) is 29.8 Å². The van der Waals surface area contributed by atoms with Crippen molar-refractivity contribution >= 4 is 10.0 Å². The number of alkyl halides is 3. The fraction of sp³-hybridized carbons (Fsp3) is 0.348. The molecule has 170 valence electrons. The van der Waals surface area contributed by atoms with Crippen LogP contribution in [0, 0.1) is 12.8 Å². The van der Waals surface area contributed by atoms with Gasteiger partial charge in [0.15, 0.2) is 0 Å². The Morgan fingerprint density at radius 1 is 1.12 bits per heavy atom. The largest absolute Gasteiger partial charge is 0.416 e. The zero-order chi connectivity index (χ0) is 22.9. The summed E-state index contributed by atoms with van der Waals surface area (Å²) in [5.74, 6) is 0.806. The van der Waals surface area contributed by atoms with E-state index in [9.17, 15) is 21.6 Å². The molecule has 0 radical (unpaired) electrons. The molecule has 9 heteroatoms. The lowest BCUT2D eigenvalue weighted by Crippen LogP contribution is -2.33. The maximum Gasteiger partial charge on any atom is 0.416 e. The molecule has 0 aliphatic heterocycles. The highest BCUT2D eigenvalue weighted by molar-refractivity contribution is 7.89. The molecule has 1 aliphatic rings. The van der Waals surface area contributed by atoms with Crippen LogP contribution >= 0.6 is 0 Å². The van der Waals surface area contributed by atoms with Gasteiger partial charge in [0.25, 0.3) is 0 Å². The summed E-state index contributed by atoms with van der Waals surface area (Å²) in [4.78, 5) is 4.53. The summed E-state index contributed by atoms with van der Waals surface area (Å²) in [6, 6.07) is 11.8. The molecule has 1 heterocycles. The lowest BCUT2D eigenvalue weighted by Gasteiger charge is -2.22. The number of rotatable bonds is 8. The van der Waals surface area contributed by atoms with E-state index in [-0.39, 0.29) is 18.0 Å². The lowest BCUT2D eigenvalue weighted by molar-refractivity contribution is -0.137. The monoisotopic (exact) mass is 463 g/mol. The van der Waals surface area contributed by atoms with Crippen molar-refractivity contribution in [2.75, 3.05) is 6.54 Å². The minimum atomic E-state index is -4.42. The third-order valence-corrected chi connectivity index (χ3v) is 7.37. The number of aryl methyl sites for hydroxylation is 1. The molecule has 0 N–H and O–H groups in total. The number of nitrogens with zero attached hydrogens (tertiary/aromatic N) is 3. The van der Waals surface area contributed by atoms with Gasteiger partial charge >= 0.3 is 6.18 Å². The summed E-state index contributed by atoms with van der Waals surface area (Å²) in [6.45, 7) is 2.51. The highest BCUT2D eigenvalue weighted by atomic mass is 32.2. The maximum atomic E-state index is 13.3. The van der Waals surface area contributed by atoms with Crippen molar-refractivity contribution in [2.45, 2.75) is 43.9 Å². The van der Waals surface area contributed by atoms with Crippen molar-refractivity contribution in [2.24, 2.45) is 5.92 Å². The first-order chi connectivity index (χ1) is 15.1. The van der Waals surface area contributed by atoms with Crippen LogP contribution in [0.2, 0.25) is 0 Å². The maximum absolute atomic E-state index is 13.3. The van der Waals surface area contributed by atoms with Gasteiger partial charge in [-0.25, -0.2) is 13.4 Å². The highest BCUT2D eigenvalue weighted by Crippen LogP contribution is 2.33. The second-order valence-corrected chi connectivity index (χ2v) is 10.2. The van der Waals surface area contributed by atoms with Crippen LogP contribution < -0.4 is 0 Å². The molecule has 32 heavy (non-hydrogen) atoms. The smallest absolute Gasteiger partial charge is 0.329 e. The van der Waals surface area contributed by atoms with Gasteiger partial charge in [0.1, 0.15) is 5.82 Å². The zero-order valence-electron chi connectivity index (χ0n) is 17.6. The molecule has 0 unspecified atom stereocenters. The second kappa shape index (κ2) is 8.71. The molecule has 0 saturated heterocycles. The topological polar surface area (TPSA) is 55.2 Å². The molecule has 0 amide bonds. The first-order valence-corrected chi connectivity index (χ1v) is 11.8. The van der Waals surface area contributed by atoms with Gasteiger partial charge in [0.05, 0.1) is 17.0 Å². The van der Waals surface area contributed by atoms with Gasteiger partial charge < -0.3 is 4.57 Å². The van der Waals surface area contributed by atoms with E-state index in [1.807, 2.05) is 6.92 Å². The Bertz CT molecular complexity index is 1180. The first kappa shape index (κ1) is 22.5. The molecule has 1 fully saturated rings. The van der Waals surface area contributed by atoms with Crippen LogP contribution in [0.3, 0.4) is 0 Å². The predicted molar refractivity (Wildman–Crippen MR) is 114 cm³/mol. The first-order valence-electron chi connectivity index (χ1n) is 10.4. The second-order valence-electron chi connectivity index (χ2n) is 8.22. The molecular weight excluding hydrogens is 439 g/mol. The molecule has 0 spiro atoms. The Hall–Kier alpha value is -2.65. The van der Waals surface area contributed by atoms with Crippen LogP contribution in [-0.4, -0.2) is 28.8 Å². The van der Waals surface area contributed by atoms with E-state index in [4.69, 9.17) is 0 Å². The number of benzene rings is 2. The number of imidazole rings is 1. The van der Waals surface area contributed by atoms with Crippen LogP contribution in [-0.2, 0) is 29.3 Å². The highest BCUT2D eigenvalue weighted by Gasteiger charge is 2.33. The lowest BCUT2D eigenvalue weighted by atomic mass is 10.1. The van der Waals surface area contributed by atoms with Gasteiger partial charge in [0.2, 0.25) is 10.0 Å². The Kier molecular flexibility index (Phi) is 6.13. The van der Waals surface area contributed by atoms with E-state index in [1.54, 1.807) is 41.1 Å². The fourth-order valence-electron chi connectivity index (χ4n) is 3.53. The van der Waals surface area contributed by atoms with Crippen LogP contribution in [0.1, 0.15) is 35.4 Å². The third-order valence-electron chi connectivity index (χ3n) is 5.54. The summed E-state index contributed by atoms with van der Waals surface area (Å²) in [5, 5.41) is 0. The molecule has 3 aromatic rings. The van der Waals surface area contributed by atoms with E-state index in [0.717, 1.165) is 30.5 Å². The summed E-state index contributed by atoms with van der Waals surface area (Å²) in [6.07, 6.45) is 0.744. The van der Waals surface area contributed by atoms with Gasteiger partial charge in [-0.05, 0) is 55.5 Å². The number of sulfonamides is 1. The van der Waals surface area contributed by atoms with Crippen molar-refractivity contribution < 1.29 is 21.6 Å². The summed E-state index contributed by atoms with van der Waals surface area (Å²) < 4.78 is 68.9. The van der Waals surface area contributed by atoms with Crippen LogP contribution in [0.15, 0.2) is 65.8 Å². The summed E-state index contributed by atoms with van der Waals surface area (Å²) in [7, 11) is -3.73.